The number of nitrogens with one attached hydrogen (secondary N) is 1. The summed E-state index contributed by atoms with van der Waals surface area (Å²) in [6, 6.07) is 6.12. The van der Waals surface area contributed by atoms with Gasteiger partial charge in [0.1, 0.15) is 0 Å². The van der Waals surface area contributed by atoms with Gasteiger partial charge in [0.25, 0.3) is 0 Å². The third-order valence-corrected chi connectivity index (χ3v) is 3.90. The van der Waals surface area contributed by atoms with E-state index >= 15 is 0 Å². The molecule has 0 saturated carbocycles. The number of aromatic amines is 1. The molecular formula is C14H19N3O. The van der Waals surface area contributed by atoms with Crippen molar-refractivity contribution in [3.8, 4) is 0 Å². The number of piperidine rings is 1. The summed E-state index contributed by atoms with van der Waals surface area (Å²) in [6.45, 7) is 3.13. The van der Waals surface area contributed by atoms with Gasteiger partial charge in [-0.2, -0.15) is 0 Å². The normalized spacial score (nSPS) is 21.6. The first-order valence-electron chi connectivity index (χ1n) is 6.58. The molecule has 1 aliphatic heterocycles. The molecule has 2 heterocycles. The quantitative estimate of drug-likeness (QED) is 0.837. The van der Waals surface area contributed by atoms with Gasteiger partial charge in [-0.05, 0) is 57.5 Å². The fourth-order valence-electron chi connectivity index (χ4n) is 2.91. The molecule has 18 heavy (non-hydrogen) atoms. The number of rotatable bonds is 1. The molecule has 1 unspecified atom stereocenters. The van der Waals surface area contributed by atoms with E-state index in [-0.39, 0.29) is 11.9 Å². The summed E-state index contributed by atoms with van der Waals surface area (Å²) in [5.41, 5.74) is 3.16. The van der Waals surface area contributed by atoms with Gasteiger partial charge >= 0.3 is 5.69 Å². The van der Waals surface area contributed by atoms with Crippen molar-refractivity contribution in [3.63, 3.8) is 0 Å². The zero-order chi connectivity index (χ0) is 12.7. The SMILES string of the molecule is Cc1ccc2[nH]c(=O)n(C3CCCCN3C)c2c1. The summed E-state index contributed by atoms with van der Waals surface area (Å²) >= 11 is 0. The molecule has 0 bridgehead atoms. The minimum Gasteiger partial charge on any atom is -0.305 e. The molecule has 0 amide bonds. The van der Waals surface area contributed by atoms with Gasteiger partial charge < -0.3 is 4.98 Å². The van der Waals surface area contributed by atoms with Crippen LogP contribution in [0.1, 0.15) is 31.0 Å². The van der Waals surface area contributed by atoms with E-state index in [1.54, 1.807) is 0 Å². The number of hydrogen-bond acceptors (Lipinski definition) is 2. The Morgan fingerprint density at radius 2 is 2.17 bits per heavy atom. The van der Waals surface area contributed by atoms with E-state index in [4.69, 9.17) is 0 Å². The van der Waals surface area contributed by atoms with Crippen LogP contribution >= 0.6 is 0 Å². The second kappa shape index (κ2) is 4.28. The predicted octanol–water partition coefficient (Wildman–Crippen LogP) is 2.25. The van der Waals surface area contributed by atoms with Gasteiger partial charge in [-0.1, -0.05) is 6.07 Å². The van der Waals surface area contributed by atoms with Gasteiger partial charge in [0.2, 0.25) is 0 Å². The van der Waals surface area contributed by atoms with Crippen LogP contribution in [0.4, 0.5) is 0 Å². The smallest absolute Gasteiger partial charge is 0.305 e. The second-order valence-corrected chi connectivity index (χ2v) is 5.28. The Kier molecular flexibility index (Phi) is 2.74. The van der Waals surface area contributed by atoms with Crippen molar-refractivity contribution < 1.29 is 0 Å². The molecule has 1 saturated heterocycles. The van der Waals surface area contributed by atoms with Crippen LogP contribution in [0.5, 0.6) is 0 Å². The standard InChI is InChI=1S/C14H19N3O/c1-10-6-7-11-12(9-10)17(14(18)15-11)13-5-3-4-8-16(13)2/h6-7,9,13H,3-5,8H2,1-2H3,(H,15,18). The van der Waals surface area contributed by atoms with Crippen LogP contribution in [0.3, 0.4) is 0 Å². The van der Waals surface area contributed by atoms with Crippen LogP contribution in [0, 0.1) is 6.92 Å². The minimum atomic E-state index is 0.00866. The van der Waals surface area contributed by atoms with Gasteiger partial charge in [-0.15, -0.1) is 0 Å². The number of hydrogen-bond donors (Lipinski definition) is 1. The van der Waals surface area contributed by atoms with Crippen molar-refractivity contribution in [1.29, 1.82) is 0 Å². The minimum absolute atomic E-state index is 0.00866. The van der Waals surface area contributed by atoms with Crippen molar-refractivity contribution in [2.24, 2.45) is 0 Å². The third kappa shape index (κ3) is 1.77. The summed E-state index contributed by atoms with van der Waals surface area (Å²) in [4.78, 5) is 17.4. The lowest BCUT2D eigenvalue weighted by Gasteiger charge is -2.33. The number of fused-ring (bicyclic) bond motifs is 1. The summed E-state index contributed by atoms with van der Waals surface area (Å²) in [5.74, 6) is 0. The molecule has 96 valence electrons. The average molecular weight is 245 g/mol. The number of likely N-dealkylation sites (tertiary alicyclic amines) is 1. The molecule has 0 radical (unpaired) electrons. The summed E-state index contributed by atoms with van der Waals surface area (Å²) in [6.07, 6.45) is 3.67. The van der Waals surface area contributed by atoms with Crippen molar-refractivity contribution in [3.05, 3.63) is 34.2 Å². The van der Waals surface area contributed by atoms with Gasteiger partial charge in [0.05, 0.1) is 17.2 Å². The molecule has 1 N–H and O–H groups in total. The van der Waals surface area contributed by atoms with Crippen LogP contribution in [0.2, 0.25) is 0 Å². The molecular weight excluding hydrogens is 226 g/mol. The average Bonchev–Trinajstić information content (AvgIpc) is 2.66. The molecule has 4 heteroatoms. The zero-order valence-corrected chi connectivity index (χ0v) is 10.9. The molecule has 3 rings (SSSR count). The highest BCUT2D eigenvalue weighted by Gasteiger charge is 2.23. The molecule has 1 aromatic heterocycles. The Morgan fingerprint density at radius 1 is 1.33 bits per heavy atom. The highest BCUT2D eigenvalue weighted by atomic mass is 16.1. The van der Waals surface area contributed by atoms with Gasteiger partial charge in [-0.3, -0.25) is 9.47 Å². The van der Waals surface area contributed by atoms with Crippen LogP contribution in [0.15, 0.2) is 23.0 Å². The van der Waals surface area contributed by atoms with E-state index in [2.05, 4.69) is 29.9 Å². The van der Waals surface area contributed by atoms with E-state index in [9.17, 15) is 4.79 Å². The largest absolute Gasteiger partial charge is 0.327 e. The Balaban J connectivity index is 2.18. The maximum atomic E-state index is 12.2. The number of benzene rings is 1. The topological polar surface area (TPSA) is 41.0 Å². The first-order valence-corrected chi connectivity index (χ1v) is 6.58. The van der Waals surface area contributed by atoms with E-state index in [1.165, 1.54) is 18.4 Å². The number of H-pyrrole nitrogens is 1. The molecule has 1 atom stereocenters. The van der Waals surface area contributed by atoms with Gasteiger partial charge in [-0.25, -0.2) is 4.79 Å². The first-order chi connectivity index (χ1) is 8.66. The van der Waals surface area contributed by atoms with Crippen LogP contribution in [-0.2, 0) is 0 Å². The summed E-state index contributed by atoms with van der Waals surface area (Å²) in [5, 5.41) is 0. The molecule has 1 fully saturated rings. The molecule has 4 nitrogen and oxygen atoms in total. The van der Waals surface area contributed by atoms with E-state index in [0.717, 1.165) is 24.0 Å². The van der Waals surface area contributed by atoms with Crippen molar-refractivity contribution in [2.75, 3.05) is 13.6 Å². The molecule has 1 aromatic carbocycles. The first kappa shape index (κ1) is 11.5. The van der Waals surface area contributed by atoms with E-state index in [0.29, 0.717) is 0 Å². The molecule has 0 aliphatic carbocycles. The lowest BCUT2D eigenvalue weighted by molar-refractivity contribution is 0.128. The van der Waals surface area contributed by atoms with E-state index < -0.39 is 0 Å². The lowest BCUT2D eigenvalue weighted by Crippen LogP contribution is -2.37. The fourth-order valence-corrected chi connectivity index (χ4v) is 2.91. The summed E-state index contributed by atoms with van der Waals surface area (Å²) < 4.78 is 1.92. The maximum Gasteiger partial charge on any atom is 0.327 e. The summed E-state index contributed by atoms with van der Waals surface area (Å²) in [7, 11) is 2.10. The Bertz CT molecular complexity index is 625. The molecule has 2 aromatic rings. The third-order valence-electron chi connectivity index (χ3n) is 3.90. The van der Waals surface area contributed by atoms with Crippen LogP contribution in [-0.4, -0.2) is 28.0 Å². The van der Waals surface area contributed by atoms with Crippen molar-refractivity contribution in [1.82, 2.24) is 14.5 Å². The zero-order valence-electron chi connectivity index (χ0n) is 10.9. The fraction of sp³-hybridized carbons (Fsp3) is 0.500. The number of aryl methyl sites for hydroxylation is 1. The van der Waals surface area contributed by atoms with Gasteiger partial charge in [0, 0.05) is 0 Å². The van der Waals surface area contributed by atoms with E-state index in [1.807, 2.05) is 16.7 Å². The monoisotopic (exact) mass is 245 g/mol. The second-order valence-electron chi connectivity index (χ2n) is 5.28. The lowest BCUT2D eigenvalue weighted by atomic mass is 10.1. The Hall–Kier alpha value is -1.55. The number of aromatic nitrogens is 2. The Labute approximate surface area is 106 Å². The molecule has 1 aliphatic rings. The predicted molar refractivity (Wildman–Crippen MR) is 72.8 cm³/mol. The number of nitrogens with zero attached hydrogens (tertiary/aromatic N) is 2. The number of imidazole rings is 1. The highest BCUT2D eigenvalue weighted by Crippen LogP contribution is 2.26. The highest BCUT2D eigenvalue weighted by molar-refractivity contribution is 5.76. The van der Waals surface area contributed by atoms with Crippen molar-refractivity contribution >= 4 is 11.0 Å². The van der Waals surface area contributed by atoms with Gasteiger partial charge in [0.15, 0.2) is 0 Å². The maximum absolute atomic E-state index is 12.2. The Morgan fingerprint density at radius 3 is 2.94 bits per heavy atom. The van der Waals surface area contributed by atoms with Crippen LogP contribution < -0.4 is 5.69 Å². The van der Waals surface area contributed by atoms with Crippen LogP contribution in [0.25, 0.3) is 11.0 Å². The molecule has 0 spiro atoms. The van der Waals surface area contributed by atoms with Crippen molar-refractivity contribution in [2.45, 2.75) is 32.4 Å².